The van der Waals surface area contributed by atoms with E-state index in [0.29, 0.717) is 42.0 Å². The highest BCUT2D eigenvalue weighted by molar-refractivity contribution is 6.32. The third-order valence-corrected chi connectivity index (χ3v) is 4.01. The van der Waals surface area contributed by atoms with Gasteiger partial charge in [0.15, 0.2) is 11.5 Å². The highest BCUT2D eigenvalue weighted by Gasteiger charge is 2.20. The summed E-state index contributed by atoms with van der Waals surface area (Å²) >= 11 is 6.20. The van der Waals surface area contributed by atoms with E-state index >= 15 is 0 Å². The minimum absolute atomic E-state index is 0.0884. The van der Waals surface area contributed by atoms with Crippen molar-refractivity contribution in [2.45, 2.75) is 32.7 Å². The molecule has 3 rings (SSSR count). The monoisotopic (exact) mass is 349 g/mol. The standard InChI is InChI=1S/C17H20ClN3O3/c1-17(2,3)14-8-12(20-21-14)16(22)19-9-10-6-11(18)15-13(7-10)23-4-5-24-15/h6-8H,4-5,9H2,1-3H3,(H,19,22)(H,20,21). The van der Waals surface area contributed by atoms with Gasteiger partial charge in [0.25, 0.3) is 5.91 Å². The molecule has 2 aromatic rings. The zero-order valence-electron chi connectivity index (χ0n) is 13.9. The van der Waals surface area contributed by atoms with Crippen LogP contribution in [0, 0.1) is 0 Å². The van der Waals surface area contributed by atoms with Crippen LogP contribution in [0.25, 0.3) is 0 Å². The van der Waals surface area contributed by atoms with E-state index in [0.717, 1.165) is 11.3 Å². The molecule has 0 fully saturated rings. The van der Waals surface area contributed by atoms with Crippen molar-refractivity contribution in [3.63, 3.8) is 0 Å². The Morgan fingerprint density at radius 2 is 2.04 bits per heavy atom. The van der Waals surface area contributed by atoms with E-state index in [-0.39, 0.29) is 11.3 Å². The number of hydrogen-bond donors (Lipinski definition) is 2. The third kappa shape index (κ3) is 3.48. The quantitative estimate of drug-likeness (QED) is 0.892. The van der Waals surface area contributed by atoms with Gasteiger partial charge >= 0.3 is 0 Å². The van der Waals surface area contributed by atoms with E-state index < -0.39 is 0 Å². The van der Waals surface area contributed by atoms with Gasteiger partial charge in [0.2, 0.25) is 0 Å². The van der Waals surface area contributed by atoms with Crippen LogP contribution in [0.5, 0.6) is 11.5 Å². The van der Waals surface area contributed by atoms with E-state index in [2.05, 4.69) is 36.3 Å². The second kappa shape index (κ2) is 6.36. The molecule has 0 aliphatic carbocycles. The van der Waals surface area contributed by atoms with Gasteiger partial charge in [-0.3, -0.25) is 9.89 Å². The molecule has 0 bridgehead atoms. The lowest BCUT2D eigenvalue weighted by atomic mass is 9.92. The van der Waals surface area contributed by atoms with Crippen molar-refractivity contribution >= 4 is 17.5 Å². The topological polar surface area (TPSA) is 76.2 Å². The van der Waals surface area contributed by atoms with E-state index in [4.69, 9.17) is 21.1 Å². The molecule has 0 saturated carbocycles. The number of H-pyrrole nitrogens is 1. The summed E-state index contributed by atoms with van der Waals surface area (Å²) in [5, 5.41) is 10.3. The number of amides is 1. The molecule has 1 amide bonds. The molecule has 1 aromatic carbocycles. The number of carbonyl (C=O) groups excluding carboxylic acids is 1. The van der Waals surface area contributed by atoms with E-state index in [1.807, 2.05) is 6.07 Å². The molecule has 2 heterocycles. The predicted molar refractivity (Wildman–Crippen MR) is 90.9 cm³/mol. The molecule has 1 aliphatic rings. The maximum Gasteiger partial charge on any atom is 0.272 e. The van der Waals surface area contributed by atoms with Crippen molar-refractivity contribution in [3.05, 3.63) is 40.2 Å². The lowest BCUT2D eigenvalue weighted by molar-refractivity contribution is 0.0945. The third-order valence-electron chi connectivity index (χ3n) is 3.73. The fraction of sp³-hybridized carbons (Fsp3) is 0.412. The Hall–Kier alpha value is -2.21. The summed E-state index contributed by atoms with van der Waals surface area (Å²) in [6.07, 6.45) is 0. The smallest absolute Gasteiger partial charge is 0.272 e. The number of fused-ring (bicyclic) bond motifs is 1. The highest BCUT2D eigenvalue weighted by Crippen LogP contribution is 2.38. The van der Waals surface area contributed by atoms with E-state index in [1.165, 1.54) is 0 Å². The van der Waals surface area contributed by atoms with Gasteiger partial charge in [-0.2, -0.15) is 5.10 Å². The lowest BCUT2D eigenvalue weighted by Crippen LogP contribution is -2.23. The molecular weight excluding hydrogens is 330 g/mol. The van der Waals surface area contributed by atoms with E-state index in [1.54, 1.807) is 12.1 Å². The summed E-state index contributed by atoms with van der Waals surface area (Å²) in [6, 6.07) is 5.36. The average Bonchev–Trinajstić information content (AvgIpc) is 3.03. The number of nitrogens with zero attached hydrogens (tertiary/aromatic N) is 1. The van der Waals surface area contributed by atoms with Crippen LogP contribution in [0.3, 0.4) is 0 Å². The van der Waals surface area contributed by atoms with Crippen LogP contribution in [0.1, 0.15) is 42.5 Å². The molecule has 1 aromatic heterocycles. The fourth-order valence-electron chi connectivity index (χ4n) is 2.36. The Morgan fingerprint density at radius 1 is 1.29 bits per heavy atom. The van der Waals surface area contributed by atoms with Gasteiger partial charge in [-0.1, -0.05) is 32.4 Å². The maximum atomic E-state index is 12.2. The first-order chi connectivity index (χ1) is 11.3. The Balaban J connectivity index is 1.68. The largest absolute Gasteiger partial charge is 0.486 e. The summed E-state index contributed by atoms with van der Waals surface area (Å²) < 4.78 is 11.0. The first-order valence-electron chi connectivity index (χ1n) is 7.77. The summed E-state index contributed by atoms with van der Waals surface area (Å²) in [6.45, 7) is 7.46. The zero-order chi connectivity index (χ0) is 17.3. The van der Waals surface area contributed by atoms with Gasteiger partial charge in [0.1, 0.15) is 18.9 Å². The average molecular weight is 350 g/mol. The molecule has 6 nitrogen and oxygen atoms in total. The van der Waals surface area contributed by atoms with Gasteiger partial charge in [-0.05, 0) is 23.8 Å². The molecule has 24 heavy (non-hydrogen) atoms. The molecule has 0 saturated heterocycles. The Morgan fingerprint density at radius 3 is 2.75 bits per heavy atom. The number of halogens is 1. The number of carbonyl (C=O) groups is 1. The van der Waals surface area contributed by atoms with Crippen molar-refractivity contribution < 1.29 is 14.3 Å². The number of rotatable bonds is 3. The van der Waals surface area contributed by atoms with Crippen LogP contribution >= 0.6 is 11.6 Å². The van der Waals surface area contributed by atoms with Gasteiger partial charge in [-0.25, -0.2) is 0 Å². The summed E-state index contributed by atoms with van der Waals surface area (Å²) in [4.78, 5) is 12.2. The van der Waals surface area contributed by atoms with E-state index in [9.17, 15) is 4.79 Å². The van der Waals surface area contributed by atoms with Crippen LogP contribution < -0.4 is 14.8 Å². The molecule has 2 N–H and O–H groups in total. The lowest BCUT2D eigenvalue weighted by Gasteiger charge is -2.20. The van der Waals surface area contributed by atoms with Gasteiger partial charge in [-0.15, -0.1) is 0 Å². The van der Waals surface area contributed by atoms with Crippen LogP contribution in [0.15, 0.2) is 18.2 Å². The first-order valence-corrected chi connectivity index (χ1v) is 8.14. The van der Waals surface area contributed by atoms with Crippen molar-refractivity contribution in [1.82, 2.24) is 15.5 Å². The first kappa shape index (κ1) is 16.6. The SMILES string of the molecule is CC(C)(C)c1cc(C(=O)NCc2cc(Cl)c3c(c2)OCCO3)n[nH]1. The fourth-order valence-corrected chi connectivity index (χ4v) is 2.65. The van der Waals surface area contributed by atoms with Crippen LogP contribution in [-0.4, -0.2) is 29.3 Å². The number of ether oxygens (including phenoxy) is 2. The van der Waals surface area contributed by atoms with Gasteiger partial charge < -0.3 is 14.8 Å². The summed E-state index contributed by atoms with van der Waals surface area (Å²) in [5.74, 6) is 0.917. The minimum Gasteiger partial charge on any atom is -0.486 e. The summed E-state index contributed by atoms with van der Waals surface area (Å²) in [5.41, 5.74) is 2.03. The molecule has 0 radical (unpaired) electrons. The molecule has 128 valence electrons. The van der Waals surface area contributed by atoms with Crippen molar-refractivity contribution in [2.75, 3.05) is 13.2 Å². The number of aromatic amines is 1. The van der Waals surface area contributed by atoms with Crippen molar-refractivity contribution in [3.8, 4) is 11.5 Å². The molecule has 0 spiro atoms. The number of hydrogen-bond acceptors (Lipinski definition) is 4. The Kier molecular flexibility index (Phi) is 4.41. The Bertz CT molecular complexity index is 765. The predicted octanol–water partition coefficient (Wildman–Crippen LogP) is 3.06. The molecule has 7 heteroatoms. The molecule has 0 atom stereocenters. The van der Waals surface area contributed by atoms with Crippen molar-refractivity contribution in [2.24, 2.45) is 0 Å². The summed E-state index contributed by atoms with van der Waals surface area (Å²) in [7, 11) is 0. The number of nitrogens with one attached hydrogen (secondary N) is 2. The van der Waals surface area contributed by atoms with Gasteiger partial charge in [0, 0.05) is 17.7 Å². The van der Waals surface area contributed by atoms with Crippen LogP contribution in [-0.2, 0) is 12.0 Å². The normalized spacial score (nSPS) is 13.7. The van der Waals surface area contributed by atoms with Crippen molar-refractivity contribution in [1.29, 1.82) is 0 Å². The molecule has 1 aliphatic heterocycles. The molecule has 0 unspecified atom stereocenters. The number of aromatic nitrogens is 2. The second-order valence-electron chi connectivity index (χ2n) is 6.70. The second-order valence-corrected chi connectivity index (χ2v) is 7.11. The zero-order valence-corrected chi connectivity index (χ0v) is 14.7. The van der Waals surface area contributed by atoms with Crippen LogP contribution in [0.4, 0.5) is 0 Å². The maximum absolute atomic E-state index is 12.2. The Labute approximate surface area is 145 Å². The molecular formula is C17H20ClN3O3. The van der Waals surface area contributed by atoms with Crippen LogP contribution in [0.2, 0.25) is 5.02 Å². The minimum atomic E-state index is -0.243. The highest BCUT2D eigenvalue weighted by atomic mass is 35.5. The number of benzene rings is 1. The van der Waals surface area contributed by atoms with Gasteiger partial charge in [0.05, 0.1) is 5.02 Å².